The molecule has 74 valence electrons. The molecule has 1 atom stereocenters. The monoisotopic (exact) mass is 185 g/mol. The number of hydrogen-bond donors (Lipinski definition) is 2. The molecule has 4 heteroatoms. The van der Waals surface area contributed by atoms with Crippen molar-refractivity contribution in [1.29, 1.82) is 0 Å². The van der Waals surface area contributed by atoms with E-state index in [4.69, 9.17) is 5.11 Å². The molecule has 0 aromatic rings. The van der Waals surface area contributed by atoms with E-state index in [1.165, 1.54) is 0 Å². The molecule has 2 N–H and O–H groups in total. The minimum absolute atomic E-state index is 0.330. The number of carboxylic acid groups (broad SMARTS) is 1. The lowest BCUT2D eigenvalue weighted by atomic mass is 10.1. The Morgan fingerprint density at radius 1 is 1.54 bits per heavy atom. The molecular weight excluding hydrogens is 170 g/mol. The van der Waals surface area contributed by atoms with Crippen molar-refractivity contribution in [2.24, 2.45) is 11.3 Å². The summed E-state index contributed by atoms with van der Waals surface area (Å²) in [5, 5.41) is 10.9. The van der Waals surface area contributed by atoms with Gasteiger partial charge in [-0.05, 0) is 17.8 Å². The third-order valence-corrected chi connectivity index (χ3v) is 2.57. The zero-order chi connectivity index (χ0) is 10.1. The summed E-state index contributed by atoms with van der Waals surface area (Å²) in [6.07, 6.45) is 0.688. The van der Waals surface area contributed by atoms with Crippen LogP contribution in [0.4, 0.5) is 0 Å². The van der Waals surface area contributed by atoms with Crippen LogP contribution in [0.2, 0.25) is 0 Å². The summed E-state index contributed by atoms with van der Waals surface area (Å²) >= 11 is 0. The number of aliphatic carboxylic acids is 1. The fourth-order valence-electron chi connectivity index (χ4n) is 1.36. The van der Waals surface area contributed by atoms with Crippen molar-refractivity contribution in [2.45, 2.75) is 26.7 Å². The van der Waals surface area contributed by atoms with Gasteiger partial charge in [0, 0.05) is 6.54 Å². The SMILES string of the molecule is CC1(C)CC1CNC(=O)CC(=O)O. The van der Waals surface area contributed by atoms with Crippen LogP contribution in [0.25, 0.3) is 0 Å². The molecule has 0 aromatic carbocycles. The van der Waals surface area contributed by atoms with Crippen molar-refractivity contribution in [2.75, 3.05) is 6.54 Å². The lowest BCUT2D eigenvalue weighted by Crippen LogP contribution is -2.28. The molecule has 1 unspecified atom stereocenters. The van der Waals surface area contributed by atoms with Gasteiger partial charge in [-0.15, -0.1) is 0 Å². The Labute approximate surface area is 77.3 Å². The minimum Gasteiger partial charge on any atom is -0.481 e. The number of carboxylic acids is 1. The molecule has 1 fully saturated rings. The third kappa shape index (κ3) is 3.05. The van der Waals surface area contributed by atoms with Crippen LogP contribution in [0.5, 0.6) is 0 Å². The number of rotatable bonds is 4. The molecule has 13 heavy (non-hydrogen) atoms. The molecule has 1 aliphatic carbocycles. The average molecular weight is 185 g/mol. The predicted molar refractivity (Wildman–Crippen MR) is 47.2 cm³/mol. The summed E-state index contributed by atoms with van der Waals surface area (Å²) in [6.45, 7) is 4.89. The fourth-order valence-corrected chi connectivity index (χ4v) is 1.36. The minimum atomic E-state index is -1.08. The maximum absolute atomic E-state index is 10.9. The predicted octanol–water partition coefficient (Wildman–Crippen LogP) is 0.623. The van der Waals surface area contributed by atoms with E-state index >= 15 is 0 Å². The Hall–Kier alpha value is -1.06. The van der Waals surface area contributed by atoms with Gasteiger partial charge in [0.1, 0.15) is 6.42 Å². The van der Waals surface area contributed by atoms with Gasteiger partial charge in [0.05, 0.1) is 0 Å². The highest BCUT2D eigenvalue weighted by Crippen LogP contribution is 2.50. The lowest BCUT2D eigenvalue weighted by Gasteiger charge is -2.04. The van der Waals surface area contributed by atoms with Crippen molar-refractivity contribution >= 4 is 11.9 Å². The summed E-state index contributed by atoms with van der Waals surface area (Å²) in [7, 11) is 0. The van der Waals surface area contributed by atoms with Crippen LogP contribution >= 0.6 is 0 Å². The van der Waals surface area contributed by atoms with Crippen LogP contribution in [0.1, 0.15) is 26.7 Å². The molecule has 0 radical (unpaired) electrons. The first-order valence-corrected chi connectivity index (χ1v) is 4.40. The van der Waals surface area contributed by atoms with Gasteiger partial charge in [0.2, 0.25) is 5.91 Å². The third-order valence-electron chi connectivity index (χ3n) is 2.57. The molecule has 1 amide bonds. The van der Waals surface area contributed by atoms with E-state index in [-0.39, 0.29) is 0 Å². The van der Waals surface area contributed by atoms with Crippen molar-refractivity contribution in [3.8, 4) is 0 Å². The molecule has 1 saturated carbocycles. The Balaban J connectivity index is 2.13. The largest absolute Gasteiger partial charge is 0.481 e. The van der Waals surface area contributed by atoms with Crippen LogP contribution in [0, 0.1) is 11.3 Å². The van der Waals surface area contributed by atoms with E-state index in [0.717, 1.165) is 6.42 Å². The number of nitrogens with one attached hydrogen (secondary N) is 1. The average Bonchev–Trinajstić information content (AvgIpc) is 2.53. The van der Waals surface area contributed by atoms with Gasteiger partial charge in [-0.1, -0.05) is 13.8 Å². The van der Waals surface area contributed by atoms with E-state index in [1.54, 1.807) is 0 Å². The van der Waals surface area contributed by atoms with Crippen molar-refractivity contribution in [1.82, 2.24) is 5.32 Å². The lowest BCUT2D eigenvalue weighted by molar-refractivity contribution is -0.140. The number of amides is 1. The molecule has 0 aromatic heterocycles. The summed E-state index contributed by atoms with van der Waals surface area (Å²) in [4.78, 5) is 21.0. The summed E-state index contributed by atoms with van der Waals surface area (Å²) < 4.78 is 0. The zero-order valence-electron chi connectivity index (χ0n) is 7.96. The van der Waals surface area contributed by atoms with Crippen LogP contribution in [-0.4, -0.2) is 23.5 Å². The molecule has 0 heterocycles. The zero-order valence-corrected chi connectivity index (χ0v) is 7.96. The maximum atomic E-state index is 10.9. The Kier molecular flexibility index (Phi) is 2.59. The maximum Gasteiger partial charge on any atom is 0.312 e. The normalized spacial score (nSPS) is 23.7. The number of carbonyl (C=O) groups excluding carboxylic acids is 1. The van der Waals surface area contributed by atoms with Crippen LogP contribution in [0.3, 0.4) is 0 Å². The highest BCUT2D eigenvalue weighted by molar-refractivity contribution is 5.93. The first-order valence-electron chi connectivity index (χ1n) is 4.40. The molecule has 1 aliphatic rings. The number of hydrogen-bond acceptors (Lipinski definition) is 2. The number of carbonyl (C=O) groups is 2. The van der Waals surface area contributed by atoms with E-state index in [2.05, 4.69) is 19.2 Å². The second-order valence-corrected chi connectivity index (χ2v) is 4.26. The standard InChI is InChI=1S/C9H15NO3/c1-9(2)4-6(9)5-10-7(11)3-8(12)13/h6H,3-5H2,1-2H3,(H,10,11)(H,12,13). The van der Waals surface area contributed by atoms with Gasteiger partial charge in [0.15, 0.2) is 0 Å². The van der Waals surface area contributed by atoms with Crippen LogP contribution < -0.4 is 5.32 Å². The van der Waals surface area contributed by atoms with E-state index in [9.17, 15) is 9.59 Å². The molecule has 0 saturated heterocycles. The summed E-state index contributed by atoms with van der Waals surface area (Å²) in [5.41, 5.74) is 0.330. The van der Waals surface area contributed by atoms with Gasteiger partial charge < -0.3 is 10.4 Å². The molecule has 1 rings (SSSR count). The molecule has 0 bridgehead atoms. The van der Waals surface area contributed by atoms with Gasteiger partial charge >= 0.3 is 5.97 Å². The quantitative estimate of drug-likeness (QED) is 0.631. The Morgan fingerprint density at radius 3 is 2.46 bits per heavy atom. The molecule has 4 nitrogen and oxygen atoms in total. The topological polar surface area (TPSA) is 66.4 Å². The Morgan fingerprint density at radius 2 is 2.08 bits per heavy atom. The fraction of sp³-hybridized carbons (Fsp3) is 0.778. The highest BCUT2D eigenvalue weighted by atomic mass is 16.4. The second-order valence-electron chi connectivity index (χ2n) is 4.26. The van der Waals surface area contributed by atoms with Crippen molar-refractivity contribution < 1.29 is 14.7 Å². The van der Waals surface area contributed by atoms with Crippen molar-refractivity contribution in [3.63, 3.8) is 0 Å². The van der Waals surface area contributed by atoms with E-state index < -0.39 is 18.3 Å². The first-order chi connectivity index (χ1) is 5.92. The van der Waals surface area contributed by atoms with E-state index in [1.807, 2.05) is 0 Å². The smallest absolute Gasteiger partial charge is 0.312 e. The summed E-state index contributed by atoms with van der Waals surface area (Å²) in [6, 6.07) is 0. The Bertz CT molecular complexity index is 235. The van der Waals surface area contributed by atoms with Crippen LogP contribution in [-0.2, 0) is 9.59 Å². The second kappa shape index (κ2) is 3.36. The van der Waals surface area contributed by atoms with Crippen LogP contribution in [0.15, 0.2) is 0 Å². The first kappa shape index (κ1) is 10.0. The molecule has 0 spiro atoms. The van der Waals surface area contributed by atoms with E-state index in [0.29, 0.717) is 17.9 Å². The summed E-state index contributed by atoms with van der Waals surface area (Å²) in [5.74, 6) is -0.951. The van der Waals surface area contributed by atoms with Gasteiger partial charge in [0.25, 0.3) is 0 Å². The molecule has 0 aliphatic heterocycles. The highest BCUT2D eigenvalue weighted by Gasteiger charge is 2.45. The van der Waals surface area contributed by atoms with Gasteiger partial charge in [-0.25, -0.2) is 0 Å². The van der Waals surface area contributed by atoms with Crippen molar-refractivity contribution in [3.05, 3.63) is 0 Å². The molecular formula is C9H15NO3. The van der Waals surface area contributed by atoms with Gasteiger partial charge in [-0.2, -0.15) is 0 Å². The van der Waals surface area contributed by atoms with Gasteiger partial charge in [-0.3, -0.25) is 9.59 Å².